The Balaban J connectivity index is 1.51. The van der Waals surface area contributed by atoms with E-state index in [2.05, 4.69) is 27.9 Å². The van der Waals surface area contributed by atoms with E-state index in [1.54, 1.807) is 0 Å². The molecule has 0 unspecified atom stereocenters. The molecule has 1 aliphatic carbocycles. The summed E-state index contributed by atoms with van der Waals surface area (Å²) in [5, 5.41) is 14.9. The van der Waals surface area contributed by atoms with Crippen LogP contribution in [0.15, 0.2) is 40.9 Å². The standard InChI is InChI=1S/C28H29ClN4O3/c1-15-7-9-19(14-22(15)29)32-25(5-4-6-26(32)35)28-30-23-11-18(27-16(2)31-36-17(27)3)8-10-24(23)33(28)20-12-21(34)13-20/h7-11,14,20-21,25,34H,4-6,12-13H2,1-3H3/t20?,21?,25-/m0/s1. The van der Waals surface area contributed by atoms with Gasteiger partial charge in [-0.1, -0.05) is 28.9 Å². The number of aliphatic hydroxyl groups is 1. The zero-order valence-electron chi connectivity index (χ0n) is 20.7. The molecule has 1 saturated carbocycles. The normalized spacial score (nSPS) is 22.3. The monoisotopic (exact) mass is 504 g/mol. The Bertz CT molecular complexity index is 1460. The third kappa shape index (κ3) is 3.73. The molecule has 36 heavy (non-hydrogen) atoms. The van der Waals surface area contributed by atoms with Crippen molar-refractivity contribution in [1.82, 2.24) is 14.7 Å². The average Bonchev–Trinajstić information content (AvgIpc) is 3.37. The molecule has 3 heterocycles. The van der Waals surface area contributed by atoms with Gasteiger partial charge in [-0.15, -0.1) is 0 Å². The van der Waals surface area contributed by atoms with Gasteiger partial charge >= 0.3 is 0 Å². The summed E-state index contributed by atoms with van der Waals surface area (Å²) in [7, 11) is 0. The highest BCUT2D eigenvalue weighted by molar-refractivity contribution is 6.31. The van der Waals surface area contributed by atoms with Crippen LogP contribution in [0.25, 0.3) is 22.2 Å². The van der Waals surface area contributed by atoms with Crippen LogP contribution >= 0.6 is 11.6 Å². The van der Waals surface area contributed by atoms with Crippen molar-refractivity contribution in [2.24, 2.45) is 0 Å². The lowest BCUT2D eigenvalue weighted by Gasteiger charge is -2.39. The van der Waals surface area contributed by atoms with E-state index >= 15 is 0 Å². The van der Waals surface area contributed by atoms with Gasteiger partial charge in [0, 0.05) is 28.7 Å². The lowest BCUT2D eigenvalue weighted by Crippen LogP contribution is -2.41. The molecule has 0 spiro atoms. The van der Waals surface area contributed by atoms with Gasteiger partial charge in [-0.05, 0) is 81.8 Å². The van der Waals surface area contributed by atoms with Crippen LogP contribution in [0.3, 0.4) is 0 Å². The molecule has 1 aliphatic heterocycles. The van der Waals surface area contributed by atoms with Gasteiger partial charge < -0.3 is 19.1 Å². The van der Waals surface area contributed by atoms with Gasteiger partial charge in [-0.2, -0.15) is 0 Å². The molecule has 6 rings (SSSR count). The summed E-state index contributed by atoms with van der Waals surface area (Å²) in [6.45, 7) is 5.81. The van der Waals surface area contributed by atoms with E-state index in [4.69, 9.17) is 21.1 Å². The van der Waals surface area contributed by atoms with Gasteiger partial charge in [-0.3, -0.25) is 4.79 Å². The Morgan fingerprint density at radius 3 is 2.61 bits per heavy atom. The number of aromatic nitrogens is 3. The molecule has 1 N–H and O–H groups in total. The number of fused-ring (bicyclic) bond motifs is 1. The van der Waals surface area contributed by atoms with E-state index in [0.29, 0.717) is 24.3 Å². The topological polar surface area (TPSA) is 84.4 Å². The first-order chi connectivity index (χ1) is 17.3. The molecule has 2 fully saturated rings. The van der Waals surface area contributed by atoms with Crippen molar-refractivity contribution >= 4 is 34.2 Å². The number of hydrogen-bond donors (Lipinski definition) is 1. The molecule has 4 aromatic rings. The van der Waals surface area contributed by atoms with Crippen LogP contribution in [0.2, 0.25) is 5.02 Å². The Morgan fingerprint density at radius 1 is 1.11 bits per heavy atom. The number of hydrogen-bond acceptors (Lipinski definition) is 5. The number of carbonyl (C=O) groups excluding carboxylic acids is 1. The Morgan fingerprint density at radius 2 is 1.92 bits per heavy atom. The van der Waals surface area contributed by atoms with E-state index in [-0.39, 0.29) is 24.1 Å². The lowest BCUT2D eigenvalue weighted by atomic mass is 9.88. The summed E-state index contributed by atoms with van der Waals surface area (Å²) in [6.07, 6.45) is 3.18. The fourth-order valence-electron chi connectivity index (χ4n) is 5.73. The van der Waals surface area contributed by atoms with Crippen LogP contribution in [0.5, 0.6) is 0 Å². The van der Waals surface area contributed by atoms with Crippen molar-refractivity contribution < 1.29 is 14.4 Å². The largest absolute Gasteiger partial charge is 0.393 e. The van der Waals surface area contributed by atoms with E-state index in [9.17, 15) is 9.90 Å². The van der Waals surface area contributed by atoms with E-state index in [0.717, 1.165) is 63.5 Å². The molecule has 2 aliphatic rings. The minimum Gasteiger partial charge on any atom is -0.393 e. The highest BCUT2D eigenvalue weighted by Gasteiger charge is 2.38. The number of nitrogens with zero attached hydrogens (tertiary/aromatic N) is 4. The van der Waals surface area contributed by atoms with Crippen molar-refractivity contribution in [3.63, 3.8) is 0 Å². The lowest BCUT2D eigenvalue weighted by molar-refractivity contribution is -0.120. The molecule has 186 valence electrons. The third-order valence-electron chi connectivity index (χ3n) is 7.67. The summed E-state index contributed by atoms with van der Waals surface area (Å²) in [5.41, 5.74) is 6.48. The fourth-order valence-corrected chi connectivity index (χ4v) is 5.90. The second-order valence-corrected chi connectivity index (χ2v) is 10.5. The molecule has 0 bridgehead atoms. The summed E-state index contributed by atoms with van der Waals surface area (Å²) < 4.78 is 7.65. The van der Waals surface area contributed by atoms with E-state index < -0.39 is 0 Å². The van der Waals surface area contributed by atoms with Gasteiger partial charge in [0.25, 0.3) is 0 Å². The Kier molecular flexibility index (Phi) is 5.65. The van der Waals surface area contributed by atoms with Gasteiger partial charge in [0.05, 0.1) is 28.9 Å². The Hall–Kier alpha value is -3.16. The van der Waals surface area contributed by atoms with Crippen LogP contribution in [0.1, 0.15) is 67.0 Å². The number of benzene rings is 2. The number of amides is 1. The molecule has 0 radical (unpaired) electrons. The second kappa shape index (κ2) is 8.75. The van der Waals surface area contributed by atoms with Crippen LogP contribution in [0, 0.1) is 20.8 Å². The molecule has 2 aromatic heterocycles. The van der Waals surface area contributed by atoms with Gasteiger partial charge in [0.1, 0.15) is 11.6 Å². The first-order valence-corrected chi connectivity index (χ1v) is 12.9. The number of carbonyl (C=O) groups is 1. The molecule has 1 atom stereocenters. The molecule has 2 aromatic carbocycles. The van der Waals surface area contributed by atoms with E-state index in [1.807, 2.05) is 43.9 Å². The molecular weight excluding hydrogens is 476 g/mol. The van der Waals surface area contributed by atoms with Crippen LogP contribution in [-0.4, -0.2) is 31.8 Å². The number of anilines is 1. The van der Waals surface area contributed by atoms with Crippen molar-refractivity contribution in [2.45, 2.75) is 71.1 Å². The number of aryl methyl sites for hydroxylation is 3. The predicted octanol–water partition coefficient (Wildman–Crippen LogP) is 6.22. The van der Waals surface area contributed by atoms with Gasteiger partial charge in [-0.25, -0.2) is 4.98 Å². The Labute approximate surface area is 214 Å². The maximum atomic E-state index is 13.3. The summed E-state index contributed by atoms with van der Waals surface area (Å²) in [5.74, 6) is 1.71. The molecular formula is C28H29ClN4O3. The molecule has 7 nitrogen and oxygen atoms in total. The number of halogens is 1. The first-order valence-electron chi connectivity index (χ1n) is 12.5. The van der Waals surface area contributed by atoms with Gasteiger partial charge in [0.15, 0.2) is 0 Å². The van der Waals surface area contributed by atoms with Crippen molar-refractivity contribution in [2.75, 3.05) is 4.90 Å². The molecule has 1 saturated heterocycles. The highest BCUT2D eigenvalue weighted by Crippen LogP contribution is 2.43. The number of piperidine rings is 1. The highest BCUT2D eigenvalue weighted by atomic mass is 35.5. The van der Waals surface area contributed by atoms with Crippen LogP contribution < -0.4 is 4.90 Å². The summed E-state index contributed by atoms with van der Waals surface area (Å²) in [6, 6.07) is 12.0. The maximum absolute atomic E-state index is 13.3. The maximum Gasteiger partial charge on any atom is 0.227 e. The number of imidazole rings is 1. The average molecular weight is 505 g/mol. The van der Waals surface area contributed by atoms with E-state index in [1.165, 1.54) is 0 Å². The zero-order valence-corrected chi connectivity index (χ0v) is 21.4. The summed E-state index contributed by atoms with van der Waals surface area (Å²) >= 11 is 6.46. The van der Waals surface area contributed by atoms with Gasteiger partial charge in [0.2, 0.25) is 5.91 Å². The fraction of sp³-hybridized carbons (Fsp3) is 0.393. The minimum absolute atomic E-state index is 0.0785. The van der Waals surface area contributed by atoms with Crippen molar-refractivity contribution in [3.8, 4) is 11.1 Å². The van der Waals surface area contributed by atoms with Crippen LogP contribution in [-0.2, 0) is 4.79 Å². The minimum atomic E-state index is -0.304. The number of rotatable bonds is 4. The van der Waals surface area contributed by atoms with Crippen molar-refractivity contribution in [1.29, 1.82) is 0 Å². The predicted molar refractivity (Wildman–Crippen MR) is 139 cm³/mol. The van der Waals surface area contributed by atoms with Crippen molar-refractivity contribution in [3.05, 3.63) is 64.3 Å². The van der Waals surface area contributed by atoms with Crippen LogP contribution in [0.4, 0.5) is 5.69 Å². The second-order valence-electron chi connectivity index (χ2n) is 10.1. The molecule has 8 heteroatoms. The first kappa shape index (κ1) is 23.3. The third-order valence-corrected chi connectivity index (χ3v) is 8.08. The smallest absolute Gasteiger partial charge is 0.227 e. The SMILES string of the molecule is Cc1ccc(N2C(=O)CCC[C@H]2c2nc3cc(-c4c(C)noc4C)ccc3n2C2CC(O)C2)cc1Cl. The summed E-state index contributed by atoms with van der Waals surface area (Å²) in [4.78, 5) is 20.3. The zero-order chi connectivity index (χ0) is 25.1. The number of aliphatic hydroxyl groups excluding tert-OH is 1. The molecule has 1 amide bonds. The quantitative estimate of drug-likeness (QED) is 0.356.